The van der Waals surface area contributed by atoms with E-state index >= 15 is 0 Å². The Kier molecular flexibility index (Phi) is 4.71. The summed E-state index contributed by atoms with van der Waals surface area (Å²) in [4.78, 5) is 23.2. The van der Waals surface area contributed by atoms with Crippen molar-refractivity contribution in [1.29, 1.82) is 5.26 Å². The number of rotatable bonds is 3. The molecule has 0 bridgehead atoms. The van der Waals surface area contributed by atoms with Crippen molar-refractivity contribution in [2.24, 2.45) is 0 Å². The fourth-order valence-corrected chi connectivity index (χ4v) is 3.55. The van der Waals surface area contributed by atoms with Crippen molar-refractivity contribution in [3.8, 4) is 11.8 Å². The first-order valence-corrected chi connectivity index (χ1v) is 7.37. The maximum Gasteiger partial charge on any atom is 0.268 e. The number of anilines is 1. The van der Waals surface area contributed by atoms with Crippen LogP contribution in [0.25, 0.3) is 0 Å². The molecule has 0 radical (unpaired) electrons. The second-order valence-corrected chi connectivity index (χ2v) is 6.03. The molecule has 1 saturated heterocycles. The fourth-order valence-electron chi connectivity index (χ4n) is 1.47. The quantitative estimate of drug-likeness (QED) is 0.682. The van der Waals surface area contributed by atoms with Gasteiger partial charge in [0, 0.05) is 5.69 Å². The molecule has 1 heterocycles. The monoisotopic (exact) mass is 306 g/mol. The molecule has 0 unspecified atom stereocenters. The van der Waals surface area contributed by atoms with Gasteiger partial charge in [-0.25, -0.2) is 0 Å². The molecule has 0 atom stereocenters. The molecule has 0 aromatic heterocycles. The molecule has 20 heavy (non-hydrogen) atoms. The zero-order chi connectivity index (χ0) is 14.5. The predicted octanol–water partition coefficient (Wildman–Crippen LogP) is 2.38. The lowest BCUT2D eigenvalue weighted by Crippen LogP contribution is -2.14. The van der Waals surface area contributed by atoms with Crippen molar-refractivity contribution in [1.82, 2.24) is 0 Å². The molecule has 1 aromatic rings. The van der Waals surface area contributed by atoms with E-state index in [0.717, 1.165) is 11.8 Å². The first-order valence-electron chi connectivity index (χ1n) is 5.57. The third-order valence-corrected chi connectivity index (χ3v) is 4.84. The number of nitrogens with one attached hydrogen (secondary N) is 1. The highest BCUT2D eigenvalue weighted by atomic mass is 32.2. The smallest absolute Gasteiger partial charge is 0.268 e. The molecule has 0 saturated carbocycles. The molecule has 102 valence electrons. The van der Waals surface area contributed by atoms with E-state index in [1.807, 2.05) is 6.07 Å². The minimum Gasteiger partial charge on any atom is -0.497 e. The topological polar surface area (TPSA) is 79.2 Å². The van der Waals surface area contributed by atoms with Crippen molar-refractivity contribution in [3.05, 3.63) is 34.1 Å². The summed E-state index contributed by atoms with van der Waals surface area (Å²) in [6.07, 6.45) is 0. The van der Waals surface area contributed by atoms with Gasteiger partial charge in [0.15, 0.2) is 0 Å². The van der Waals surface area contributed by atoms with E-state index in [2.05, 4.69) is 5.32 Å². The lowest BCUT2D eigenvalue weighted by Gasteiger charge is -2.06. The van der Waals surface area contributed by atoms with Crippen molar-refractivity contribution >= 4 is 40.2 Å². The zero-order valence-corrected chi connectivity index (χ0v) is 12.1. The molecule has 2 rings (SSSR count). The number of hydrogen-bond donors (Lipinski definition) is 1. The number of ether oxygens (including phenoxy) is 1. The fraction of sp³-hybridized carbons (Fsp3) is 0.154. The van der Waals surface area contributed by atoms with E-state index in [9.17, 15) is 9.59 Å². The van der Waals surface area contributed by atoms with Crippen molar-refractivity contribution in [2.45, 2.75) is 0 Å². The van der Waals surface area contributed by atoms with Crippen LogP contribution in [0.4, 0.5) is 5.69 Å². The number of methoxy groups -OCH3 is 1. The Hall–Kier alpha value is -1.91. The van der Waals surface area contributed by atoms with Gasteiger partial charge in [-0.1, -0.05) is 0 Å². The number of thioether (sulfide) groups is 2. The third-order valence-electron chi connectivity index (χ3n) is 2.42. The van der Waals surface area contributed by atoms with E-state index in [1.165, 1.54) is 11.8 Å². The highest BCUT2D eigenvalue weighted by molar-refractivity contribution is 8.34. The van der Waals surface area contributed by atoms with E-state index in [4.69, 9.17) is 10.00 Å². The maximum absolute atomic E-state index is 12.0. The van der Waals surface area contributed by atoms with Gasteiger partial charge in [0.05, 0.1) is 17.1 Å². The first kappa shape index (κ1) is 14.5. The Bertz CT molecular complexity index is 617. The Morgan fingerprint density at radius 1 is 1.40 bits per heavy atom. The summed E-state index contributed by atoms with van der Waals surface area (Å²) >= 11 is 2.16. The van der Waals surface area contributed by atoms with Crippen LogP contribution in [-0.4, -0.2) is 23.9 Å². The van der Waals surface area contributed by atoms with Crippen LogP contribution < -0.4 is 10.1 Å². The summed E-state index contributed by atoms with van der Waals surface area (Å²) in [6, 6.07) is 8.62. The highest BCUT2D eigenvalue weighted by Gasteiger charge is 2.25. The Morgan fingerprint density at radius 2 is 2.10 bits per heavy atom. The summed E-state index contributed by atoms with van der Waals surface area (Å²) in [5.74, 6) is 0.456. The molecule has 0 aliphatic carbocycles. The van der Waals surface area contributed by atoms with Gasteiger partial charge in [0.1, 0.15) is 17.4 Å². The minimum atomic E-state index is -0.512. The van der Waals surface area contributed by atoms with Gasteiger partial charge in [0.2, 0.25) is 5.12 Å². The SMILES string of the molecule is COc1ccc(NC(=O)/C(C#N)=C2/SCC(=O)S2)cc1. The number of nitriles is 1. The van der Waals surface area contributed by atoms with Crippen LogP contribution in [0.2, 0.25) is 0 Å². The van der Waals surface area contributed by atoms with Gasteiger partial charge in [-0.05, 0) is 36.0 Å². The van der Waals surface area contributed by atoms with Crippen LogP contribution in [0, 0.1) is 11.3 Å². The molecule has 1 N–H and O–H groups in total. The first-order chi connectivity index (χ1) is 9.63. The predicted molar refractivity (Wildman–Crippen MR) is 79.3 cm³/mol. The van der Waals surface area contributed by atoms with E-state index in [0.29, 0.717) is 21.4 Å². The molecule has 1 aromatic carbocycles. The second-order valence-electron chi connectivity index (χ2n) is 3.72. The summed E-state index contributed by atoms with van der Waals surface area (Å²) in [5, 5.41) is 11.7. The van der Waals surface area contributed by atoms with Crippen LogP contribution in [-0.2, 0) is 9.59 Å². The van der Waals surface area contributed by atoms with Crippen molar-refractivity contribution in [2.75, 3.05) is 18.2 Å². The molecule has 5 nitrogen and oxygen atoms in total. The molecule has 1 aliphatic rings. The summed E-state index contributed by atoms with van der Waals surface area (Å²) in [5.41, 5.74) is 0.533. The summed E-state index contributed by atoms with van der Waals surface area (Å²) < 4.78 is 5.48. The number of benzene rings is 1. The molecule has 0 spiro atoms. The van der Waals surface area contributed by atoms with E-state index in [-0.39, 0.29) is 10.7 Å². The van der Waals surface area contributed by atoms with Gasteiger partial charge < -0.3 is 10.1 Å². The van der Waals surface area contributed by atoms with Gasteiger partial charge in [0.25, 0.3) is 5.91 Å². The number of nitrogens with zero attached hydrogens (tertiary/aromatic N) is 1. The van der Waals surface area contributed by atoms with Gasteiger partial charge in [-0.2, -0.15) is 5.26 Å². The zero-order valence-electron chi connectivity index (χ0n) is 10.5. The Labute approximate surface area is 124 Å². The minimum absolute atomic E-state index is 0.0262. The third kappa shape index (κ3) is 3.35. The molecule has 1 fully saturated rings. The van der Waals surface area contributed by atoms with Crippen LogP contribution in [0.15, 0.2) is 34.1 Å². The second kappa shape index (κ2) is 6.50. The molecular weight excluding hydrogens is 296 g/mol. The number of hydrogen-bond acceptors (Lipinski definition) is 6. The normalized spacial score (nSPS) is 16.5. The number of amides is 1. The van der Waals surface area contributed by atoms with Crippen molar-refractivity contribution < 1.29 is 14.3 Å². The van der Waals surface area contributed by atoms with Crippen molar-refractivity contribution in [3.63, 3.8) is 0 Å². The number of carbonyl (C=O) groups excluding carboxylic acids is 2. The Balaban J connectivity index is 2.14. The molecular formula is C13H10N2O3S2. The summed E-state index contributed by atoms with van der Waals surface area (Å²) in [7, 11) is 1.55. The molecule has 7 heteroatoms. The summed E-state index contributed by atoms with van der Waals surface area (Å²) in [6.45, 7) is 0. The molecule has 1 aliphatic heterocycles. The van der Waals surface area contributed by atoms with Gasteiger partial charge in [-0.3, -0.25) is 9.59 Å². The lowest BCUT2D eigenvalue weighted by atomic mass is 10.2. The van der Waals surface area contributed by atoms with Crippen LogP contribution in [0.1, 0.15) is 0 Å². The standard InChI is InChI=1S/C13H10N2O3S2/c1-18-9-4-2-8(3-5-9)15-12(17)10(6-14)13-19-7-11(16)20-13/h2-5H,7H2,1H3,(H,15,17)/b13-10-. The van der Waals surface area contributed by atoms with E-state index < -0.39 is 5.91 Å². The van der Waals surface area contributed by atoms with Crippen LogP contribution >= 0.6 is 23.5 Å². The van der Waals surface area contributed by atoms with Gasteiger partial charge in [-0.15, -0.1) is 11.8 Å². The van der Waals surface area contributed by atoms with E-state index in [1.54, 1.807) is 31.4 Å². The molecule has 1 amide bonds. The number of carbonyl (C=O) groups is 2. The average molecular weight is 306 g/mol. The maximum atomic E-state index is 12.0. The van der Waals surface area contributed by atoms with Crippen LogP contribution in [0.5, 0.6) is 5.75 Å². The highest BCUT2D eigenvalue weighted by Crippen LogP contribution is 2.39. The Morgan fingerprint density at radius 3 is 2.60 bits per heavy atom. The van der Waals surface area contributed by atoms with Crippen LogP contribution in [0.3, 0.4) is 0 Å². The van der Waals surface area contributed by atoms with Gasteiger partial charge >= 0.3 is 0 Å². The largest absolute Gasteiger partial charge is 0.497 e. The average Bonchev–Trinajstić information content (AvgIpc) is 2.87. The lowest BCUT2D eigenvalue weighted by molar-refractivity contribution is -0.112.